The van der Waals surface area contributed by atoms with E-state index >= 15 is 0 Å². The number of carbonyl (C=O) groups is 2. The van der Waals surface area contributed by atoms with Gasteiger partial charge in [0.2, 0.25) is 0 Å². The van der Waals surface area contributed by atoms with Gasteiger partial charge in [-0.1, -0.05) is 5.16 Å². The summed E-state index contributed by atoms with van der Waals surface area (Å²) in [5.74, 6) is 0.582. The Balaban J connectivity index is 1.54. The van der Waals surface area contributed by atoms with Crippen LogP contribution < -0.4 is 15.4 Å². The van der Waals surface area contributed by atoms with E-state index in [9.17, 15) is 9.59 Å². The number of hydrogen-bond donors (Lipinski definition) is 2. The zero-order chi connectivity index (χ0) is 22.5. The molecular weight excluding hydrogens is 430 g/mol. The predicted octanol–water partition coefficient (Wildman–Crippen LogP) is 3.92. The van der Waals surface area contributed by atoms with E-state index in [1.165, 1.54) is 11.3 Å². The number of aryl methyl sites for hydroxylation is 1. The molecule has 168 valence electrons. The molecule has 0 fully saturated rings. The van der Waals surface area contributed by atoms with Gasteiger partial charge in [-0.05, 0) is 55.5 Å². The highest BCUT2D eigenvalue weighted by Crippen LogP contribution is 2.38. The predicted molar refractivity (Wildman–Crippen MR) is 122 cm³/mol. The van der Waals surface area contributed by atoms with Crippen LogP contribution >= 0.6 is 11.3 Å². The maximum atomic E-state index is 12.9. The average Bonchev–Trinajstić information content (AvgIpc) is 3.44. The fourth-order valence-electron chi connectivity index (χ4n) is 3.69. The summed E-state index contributed by atoms with van der Waals surface area (Å²) in [6.45, 7) is 0.828. The van der Waals surface area contributed by atoms with Crippen molar-refractivity contribution in [3.8, 4) is 17.1 Å². The van der Waals surface area contributed by atoms with Crippen LogP contribution in [0.2, 0.25) is 0 Å². The molecule has 0 saturated carbocycles. The normalized spacial score (nSPS) is 12.8. The molecule has 2 N–H and O–H groups in total. The van der Waals surface area contributed by atoms with Gasteiger partial charge in [0, 0.05) is 30.2 Å². The van der Waals surface area contributed by atoms with Crippen molar-refractivity contribution in [2.24, 2.45) is 0 Å². The van der Waals surface area contributed by atoms with Crippen LogP contribution in [-0.2, 0) is 17.6 Å². The third-order valence-electron chi connectivity index (χ3n) is 5.33. The second-order valence-electron chi connectivity index (χ2n) is 7.42. The number of thiophene rings is 1. The average molecular weight is 456 g/mol. The van der Waals surface area contributed by atoms with E-state index in [1.54, 1.807) is 20.3 Å². The standard InChI is InChI=1S/C23H25N3O5S/c1-29-12-11-24-22(28)20-16-5-3-4-6-19(16)32-23(20)25-21(27)17-13-18(31-26-17)14-7-9-15(30-2)10-8-14/h7-10,13H,3-6,11-12H2,1-2H3,(H,24,28)(H,25,27). The smallest absolute Gasteiger partial charge is 0.278 e. The molecule has 1 aliphatic rings. The van der Waals surface area contributed by atoms with E-state index < -0.39 is 5.91 Å². The Morgan fingerprint density at radius 1 is 1.12 bits per heavy atom. The van der Waals surface area contributed by atoms with Gasteiger partial charge in [0.1, 0.15) is 10.8 Å². The first-order chi connectivity index (χ1) is 15.6. The van der Waals surface area contributed by atoms with E-state index in [1.807, 2.05) is 24.3 Å². The fourth-order valence-corrected chi connectivity index (χ4v) is 4.97. The summed E-state index contributed by atoms with van der Waals surface area (Å²) in [4.78, 5) is 26.9. The van der Waals surface area contributed by atoms with Gasteiger partial charge >= 0.3 is 0 Å². The first-order valence-corrected chi connectivity index (χ1v) is 11.3. The summed E-state index contributed by atoms with van der Waals surface area (Å²) < 4.78 is 15.5. The highest BCUT2D eigenvalue weighted by molar-refractivity contribution is 7.17. The molecule has 1 aromatic carbocycles. The number of methoxy groups -OCH3 is 2. The summed E-state index contributed by atoms with van der Waals surface area (Å²) in [7, 11) is 3.18. The summed E-state index contributed by atoms with van der Waals surface area (Å²) in [5.41, 5.74) is 2.51. The van der Waals surface area contributed by atoms with Crippen LogP contribution in [0.5, 0.6) is 5.75 Å². The van der Waals surface area contributed by atoms with Crippen molar-refractivity contribution in [3.63, 3.8) is 0 Å². The van der Waals surface area contributed by atoms with Gasteiger partial charge in [-0.2, -0.15) is 0 Å². The first-order valence-electron chi connectivity index (χ1n) is 10.4. The number of amides is 2. The lowest BCUT2D eigenvalue weighted by Gasteiger charge is -2.13. The second kappa shape index (κ2) is 9.97. The molecule has 0 bridgehead atoms. The maximum Gasteiger partial charge on any atom is 0.278 e. The fraction of sp³-hybridized carbons (Fsp3) is 0.348. The molecule has 3 aromatic rings. The van der Waals surface area contributed by atoms with Crippen LogP contribution in [0, 0.1) is 0 Å². The Labute approximate surface area is 189 Å². The van der Waals surface area contributed by atoms with E-state index in [0.717, 1.165) is 47.4 Å². The molecule has 0 spiro atoms. The number of hydrogen-bond acceptors (Lipinski definition) is 7. The summed E-state index contributed by atoms with van der Waals surface area (Å²) >= 11 is 1.46. The monoisotopic (exact) mass is 455 g/mol. The molecule has 1 aliphatic carbocycles. The summed E-state index contributed by atoms with van der Waals surface area (Å²) in [6.07, 6.45) is 3.87. The van der Waals surface area contributed by atoms with Crippen molar-refractivity contribution in [1.82, 2.24) is 10.5 Å². The molecule has 0 atom stereocenters. The highest BCUT2D eigenvalue weighted by Gasteiger charge is 2.27. The summed E-state index contributed by atoms with van der Waals surface area (Å²) in [5, 5.41) is 10.2. The molecule has 0 radical (unpaired) electrons. The van der Waals surface area contributed by atoms with E-state index in [2.05, 4.69) is 15.8 Å². The third kappa shape index (κ3) is 4.68. The van der Waals surface area contributed by atoms with Crippen molar-refractivity contribution in [2.45, 2.75) is 25.7 Å². The maximum absolute atomic E-state index is 12.9. The van der Waals surface area contributed by atoms with Crippen LogP contribution in [0.15, 0.2) is 34.9 Å². The molecule has 4 rings (SSSR count). The summed E-state index contributed by atoms with van der Waals surface area (Å²) in [6, 6.07) is 8.86. The Hall–Kier alpha value is -3.17. The van der Waals surface area contributed by atoms with Crippen LogP contribution in [0.25, 0.3) is 11.3 Å². The number of ether oxygens (including phenoxy) is 2. The molecule has 0 unspecified atom stereocenters. The number of rotatable bonds is 8. The minimum atomic E-state index is -0.418. The van der Waals surface area contributed by atoms with E-state index in [-0.39, 0.29) is 11.6 Å². The van der Waals surface area contributed by atoms with Crippen molar-refractivity contribution < 1.29 is 23.6 Å². The molecule has 2 amide bonds. The molecule has 2 heterocycles. The molecule has 0 aliphatic heterocycles. The van der Waals surface area contributed by atoms with Gasteiger partial charge in [-0.25, -0.2) is 0 Å². The van der Waals surface area contributed by atoms with Crippen molar-refractivity contribution >= 4 is 28.2 Å². The van der Waals surface area contributed by atoms with E-state index in [0.29, 0.717) is 29.5 Å². The van der Waals surface area contributed by atoms with Gasteiger partial charge < -0.3 is 24.6 Å². The quantitative estimate of drug-likeness (QED) is 0.499. The van der Waals surface area contributed by atoms with Gasteiger partial charge in [-0.3, -0.25) is 9.59 Å². The number of benzene rings is 1. The van der Waals surface area contributed by atoms with Crippen molar-refractivity contribution in [1.29, 1.82) is 0 Å². The largest absolute Gasteiger partial charge is 0.497 e. The molecule has 32 heavy (non-hydrogen) atoms. The first kappa shape index (κ1) is 22.0. The van der Waals surface area contributed by atoms with Gasteiger partial charge in [0.05, 0.1) is 19.3 Å². The minimum Gasteiger partial charge on any atom is -0.497 e. The Kier molecular flexibility index (Phi) is 6.87. The molecule has 8 nitrogen and oxygen atoms in total. The second-order valence-corrected chi connectivity index (χ2v) is 8.53. The number of aromatic nitrogens is 1. The number of anilines is 1. The van der Waals surface area contributed by atoms with Crippen LogP contribution in [-0.4, -0.2) is 44.3 Å². The number of nitrogens with zero attached hydrogens (tertiary/aromatic N) is 1. The molecular formula is C23H25N3O5S. The Morgan fingerprint density at radius 3 is 2.66 bits per heavy atom. The number of fused-ring (bicyclic) bond motifs is 1. The molecule has 0 saturated heterocycles. The van der Waals surface area contributed by atoms with Crippen molar-refractivity contribution in [2.75, 3.05) is 32.7 Å². The van der Waals surface area contributed by atoms with Crippen LogP contribution in [0.3, 0.4) is 0 Å². The SMILES string of the molecule is COCCNC(=O)c1c(NC(=O)c2cc(-c3ccc(OC)cc3)on2)sc2c1CCCC2. The number of nitrogens with one attached hydrogen (secondary N) is 2. The lowest BCUT2D eigenvalue weighted by molar-refractivity contribution is 0.0937. The van der Waals surface area contributed by atoms with Gasteiger partial charge in [0.15, 0.2) is 11.5 Å². The highest BCUT2D eigenvalue weighted by atomic mass is 32.1. The van der Waals surface area contributed by atoms with E-state index in [4.69, 9.17) is 14.0 Å². The van der Waals surface area contributed by atoms with Gasteiger partial charge in [-0.15, -0.1) is 11.3 Å². The molecule has 9 heteroatoms. The molecule has 2 aromatic heterocycles. The number of carbonyl (C=O) groups excluding carboxylic acids is 2. The lowest BCUT2D eigenvalue weighted by atomic mass is 9.95. The van der Waals surface area contributed by atoms with Crippen LogP contribution in [0.1, 0.15) is 44.1 Å². The zero-order valence-corrected chi connectivity index (χ0v) is 18.8. The zero-order valence-electron chi connectivity index (χ0n) is 18.0. The Bertz CT molecular complexity index is 1100. The Morgan fingerprint density at radius 2 is 1.91 bits per heavy atom. The lowest BCUT2D eigenvalue weighted by Crippen LogP contribution is -2.28. The van der Waals surface area contributed by atoms with Crippen molar-refractivity contribution in [3.05, 3.63) is 52.0 Å². The minimum absolute atomic E-state index is 0.146. The topological polar surface area (TPSA) is 103 Å². The van der Waals surface area contributed by atoms with Crippen LogP contribution in [0.4, 0.5) is 5.00 Å². The van der Waals surface area contributed by atoms with Gasteiger partial charge in [0.25, 0.3) is 11.8 Å². The third-order valence-corrected chi connectivity index (χ3v) is 6.54.